The molecule has 3 unspecified atom stereocenters. The molecule has 0 radical (unpaired) electrons. The fourth-order valence-corrected chi connectivity index (χ4v) is 14.5. The second-order valence-electron chi connectivity index (χ2n) is 22.1. The molecular formula is C59H54F4N10O7S. The zero-order valence-electron chi connectivity index (χ0n) is 44.5. The number of halogens is 4. The summed E-state index contributed by atoms with van der Waals surface area (Å²) in [6.07, 6.45) is 1.23. The van der Waals surface area contributed by atoms with E-state index in [0.29, 0.717) is 93.5 Å². The van der Waals surface area contributed by atoms with Crippen molar-refractivity contribution in [1.82, 2.24) is 34.6 Å². The Hall–Kier alpha value is -8.16. The number of rotatable bonds is 10. The Bertz CT molecular complexity index is 4050. The molecule has 4 aromatic heterocycles. The number of hydrogen-bond donors (Lipinski definition) is 2. The third-order valence-electron chi connectivity index (χ3n) is 17.6. The number of thiophene rings is 1. The number of anilines is 2. The molecule has 3 aromatic carbocycles. The first-order valence-corrected chi connectivity index (χ1v) is 28.0. The lowest BCUT2D eigenvalue weighted by Crippen LogP contribution is -2.54. The number of alkyl halides is 1. The van der Waals surface area contributed by atoms with E-state index in [9.17, 15) is 28.8 Å². The minimum absolute atomic E-state index is 0.00656. The van der Waals surface area contributed by atoms with E-state index >= 15 is 13.2 Å². The van der Waals surface area contributed by atoms with Gasteiger partial charge in [0.05, 0.1) is 56.8 Å². The number of amides is 2. The first kappa shape index (κ1) is 52.2. The Balaban J connectivity index is 0.740. The van der Waals surface area contributed by atoms with Crippen LogP contribution >= 0.6 is 11.3 Å². The van der Waals surface area contributed by atoms with Gasteiger partial charge in [0.2, 0.25) is 0 Å². The Morgan fingerprint density at radius 1 is 1.02 bits per heavy atom. The van der Waals surface area contributed by atoms with Crippen molar-refractivity contribution in [3.8, 4) is 34.6 Å². The molecule has 0 spiro atoms. The number of nitrogens with one attached hydrogen (secondary N) is 1. The van der Waals surface area contributed by atoms with Gasteiger partial charge in [0, 0.05) is 77.6 Å². The number of alkyl carbamates (subject to hydrolysis) is 1. The molecule has 1 aliphatic carbocycles. The average Bonchev–Trinajstić information content (AvgIpc) is 4.41. The first-order chi connectivity index (χ1) is 39.0. The van der Waals surface area contributed by atoms with E-state index in [1.807, 2.05) is 30.9 Å². The molecule has 3 fully saturated rings. The predicted molar refractivity (Wildman–Crippen MR) is 294 cm³/mol. The van der Waals surface area contributed by atoms with Crippen molar-refractivity contribution >= 4 is 72.0 Å². The summed E-state index contributed by atoms with van der Waals surface area (Å²) in [5.41, 5.74) is 10.4. The molecule has 9 heterocycles. The van der Waals surface area contributed by atoms with Gasteiger partial charge in [-0.3, -0.25) is 19.3 Å². The first-order valence-electron chi connectivity index (χ1n) is 27.2. The number of pyridine rings is 2. The summed E-state index contributed by atoms with van der Waals surface area (Å²) in [4.78, 5) is 74.8. The molecular weight excluding hydrogens is 1070 g/mol. The van der Waals surface area contributed by atoms with Gasteiger partial charge in [-0.05, 0) is 98.5 Å². The molecule has 0 bridgehead atoms. The predicted octanol–water partition coefficient (Wildman–Crippen LogP) is 8.94. The van der Waals surface area contributed by atoms with E-state index in [4.69, 9.17) is 29.9 Å². The normalized spacial score (nSPS) is 21.9. The van der Waals surface area contributed by atoms with Gasteiger partial charge in [-0.1, -0.05) is 25.6 Å². The Morgan fingerprint density at radius 2 is 1.84 bits per heavy atom. The van der Waals surface area contributed by atoms with Crippen LogP contribution in [0.4, 0.5) is 33.2 Å². The largest absolute Gasteiger partial charge is 0.461 e. The molecule has 0 saturated carbocycles. The van der Waals surface area contributed by atoms with Gasteiger partial charge in [-0.15, -0.1) is 11.3 Å². The maximum atomic E-state index is 17.3. The summed E-state index contributed by atoms with van der Waals surface area (Å²) in [6, 6.07) is 9.81. The minimum Gasteiger partial charge on any atom is -0.461 e. The molecule has 2 amide bonds. The van der Waals surface area contributed by atoms with E-state index in [0.717, 1.165) is 29.9 Å². The summed E-state index contributed by atoms with van der Waals surface area (Å²) < 4.78 is 82.0. The summed E-state index contributed by atoms with van der Waals surface area (Å²) in [5.74, 6) is -2.96. The Morgan fingerprint density at radius 3 is 2.63 bits per heavy atom. The number of benzene rings is 3. The maximum Gasteiger partial charge on any atom is 0.407 e. The second kappa shape index (κ2) is 19.5. The molecule has 5 atom stereocenters. The summed E-state index contributed by atoms with van der Waals surface area (Å²) in [6.45, 7) is 10.6. The highest BCUT2D eigenvalue weighted by Crippen LogP contribution is 2.48. The van der Waals surface area contributed by atoms with Gasteiger partial charge in [-0.2, -0.15) is 15.2 Å². The van der Waals surface area contributed by atoms with Crippen LogP contribution in [-0.2, 0) is 38.6 Å². The fourth-order valence-electron chi connectivity index (χ4n) is 13.6. The van der Waals surface area contributed by atoms with Gasteiger partial charge < -0.3 is 39.6 Å². The number of hydrogen-bond acceptors (Lipinski definition) is 15. The number of carbonyl (C=O) groups is 3. The van der Waals surface area contributed by atoms with Crippen LogP contribution in [-0.4, -0.2) is 111 Å². The van der Waals surface area contributed by atoms with E-state index in [-0.39, 0.29) is 100 Å². The van der Waals surface area contributed by atoms with Crippen LogP contribution in [0.3, 0.4) is 0 Å². The summed E-state index contributed by atoms with van der Waals surface area (Å²) >= 11 is 0.904. The number of esters is 1. The zero-order chi connectivity index (χ0) is 56.5. The molecule has 13 rings (SSSR count). The number of nitrogens with zero attached hydrogens (tertiary/aromatic N) is 8. The smallest absolute Gasteiger partial charge is 0.407 e. The highest BCUT2D eigenvalue weighted by molar-refractivity contribution is 7.23. The quantitative estimate of drug-likeness (QED) is 0.0744. The van der Waals surface area contributed by atoms with Crippen LogP contribution in [0.25, 0.3) is 54.4 Å². The molecule has 22 heteroatoms. The lowest BCUT2D eigenvalue weighted by atomic mass is 9.81. The van der Waals surface area contributed by atoms with Gasteiger partial charge in [0.1, 0.15) is 60.0 Å². The van der Waals surface area contributed by atoms with Gasteiger partial charge >= 0.3 is 18.1 Å². The lowest BCUT2D eigenvalue weighted by molar-refractivity contribution is -0.148. The van der Waals surface area contributed by atoms with E-state index in [1.54, 1.807) is 22.5 Å². The standard InChI is InChI=1S/C59H54F4N10O7S/c1-5-31-36-17-44-49-38(23-73(44)55(75)39(36)25-78-56(31)76)47-42(12-10-32-29(4)41(62)18-43(66-49)46(32)47)67-58(77)79-24-27(2)54(74)70-15-16-72(28(3)21-70)53-35-8-7-34(33-9-11-40(61)51-45(33)37(20-64)52(65)81-51)48(63)50(35)68-57(69-53)80-26-59-13-6-14-71(59)22-30(60)19-59/h7-9,11,17-18,28,30-31,42H,2,5-6,10,12-16,19,21-26,65H2,1,3-4H3,(H,67,77)/t28-,30?,31?,42?,59-/m0/s1. The highest BCUT2D eigenvalue weighted by Gasteiger charge is 2.50. The van der Waals surface area contributed by atoms with Crippen molar-refractivity contribution in [3.05, 3.63) is 115 Å². The SMILES string of the molecule is C=C(COC(=O)NC1CCc2c(C)c(F)cc3nc4c(c1c23)Cn1c-4cc2c(c1=O)COC(=O)C2CC)C(=O)N1CCN(c2nc(OC[C@@]34CCCN3CC(F)C4)nc3c(F)c(-c4ccc(F)c5sc(N)c(C#N)c45)ccc23)[C@@H](C)C1. The minimum atomic E-state index is -1.02. The molecule has 7 aromatic rings. The highest BCUT2D eigenvalue weighted by atomic mass is 32.1. The number of nitrogen functional groups attached to an aromatic ring is 1. The van der Waals surface area contributed by atoms with Crippen LogP contribution in [0.2, 0.25) is 0 Å². The van der Waals surface area contributed by atoms with Gasteiger partial charge in [-0.25, -0.2) is 27.3 Å². The fraction of sp³-hybridized carbons (Fsp3) is 0.390. The van der Waals surface area contributed by atoms with Crippen molar-refractivity contribution in [2.45, 2.75) is 102 Å². The van der Waals surface area contributed by atoms with Crippen molar-refractivity contribution in [1.29, 1.82) is 5.26 Å². The monoisotopic (exact) mass is 1120 g/mol. The molecule has 416 valence electrons. The summed E-state index contributed by atoms with van der Waals surface area (Å²) in [7, 11) is 0. The molecule has 81 heavy (non-hydrogen) atoms. The van der Waals surface area contributed by atoms with Crippen molar-refractivity contribution in [3.63, 3.8) is 0 Å². The average molecular weight is 1120 g/mol. The summed E-state index contributed by atoms with van der Waals surface area (Å²) in [5, 5.41) is 14.3. The number of fused-ring (bicyclic) bond motifs is 8. The number of nitrogens with two attached hydrogens (primary N) is 1. The van der Waals surface area contributed by atoms with Crippen molar-refractivity contribution < 1.29 is 46.2 Å². The number of ether oxygens (including phenoxy) is 3. The molecule has 17 nitrogen and oxygen atoms in total. The van der Waals surface area contributed by atoms with Crippen molar-refractivity contribution in [2.24, 2.45) is 0 Å². The van der Waals surface area contributed by atoms with Gasteiger partial charge in [0.25, 0.3) is 11.5 Å². The lowest BCUT2D eigenvalue weighted by Gasteiger charge is -2.41. The van der Waals surface area contributed by atoms with Crippen molar-refractivity contribution in [2.75, 3.05) is 56.6 Å². The number of aromatic nitrogens is 4. The van der Waals surface area contributed by atoms with Crippen LogP contribution in [0.1, 0.15) is 96.9 Å². The van der Waals surface area contributed by atoms with Gasteiger partial charge in [0.15, 0.2) is 5.82 Å². The second-order valence-corrected chi connectivity index (χ2v) is 23.2. The number of aryl methyl sites for hydroxylation is 1. The Labute approximate surface area is 464 Å². The topological polar surface area (TPSA) is 211 Å². The Kier molecular flexibility index (Phi) is 12.6. The van der Waals surface area contributed by atoms with E-state index in [1.165, 1.54) is 24.3 Å². The molecule has 3 saturated heterocycles. The van der Waals surface area contributed by atoms with Crippen LogP contribution in [0.15, 0.2) is 53.3 Å². The van der Waals surface area contributed by atoms with Crippen LogP contribution in [0.5, 0.6) is 6.01 Å². The van der Waals surface area contributed by atoms with Crippen LogP contribution in [0, 0.1) is 35.7 Å². The van der Waals surface area contributed by atoms with E-state index < -0.39 is 71.7 Å². The molecule has 6 aliphatic rings. The third kappa shape index (κ3) is 8.27. The zero-order valence-corrected chi connectivity index (χ0v) is 45.3. The number of cyclic esters (lactones) is 1. The number of piperazine rings is 1. The molecule has 3 N–H and O–H groups in total. The molecule has 5 aliphatic heterocycles. The number of nitriles is 1. The maximum absolute atomic E-state index is 17.3. The van der Waals surface area contributed by atoms with E-state index in [2.05, 4.69) is 21.8 Å². The third-order valence-corrected chi connectivity index (χ3v) is 18.6. The number of carbonyl (C=O) groups excluding carboxylic acids is 3. The van der Waals surface area contributed by atoms with Crippen LogP contribution < -0.4 is 26.2 Å².